The molecule has 136 valence electrons. The minimum atomic E-state index is -0.140. The standard InChI is InChI=1S/C20H17BrN4OS/c21-17-5-1-2-6-18(17)25-20(27)24-16-9-7-15(8-10-16)19(26)23-13-14-4-3-11-22-12-14/h1-12H,13H2,(H,23,26)(H2,24,25,27). The molecular formula is C20H17BrN4OS. The van der Waals surface area contributed by atoms with Crippen LogP contribution in [0.5, 0.6) is 0 Å². The number of benzene rings is 2. The van der Waals surface area contributed by atoms with Gasteiger partial charge in [0, 0.05) is 34.7 Å². The van der Waals surface area contributed by atoms with Gasteiger partial charge in [0.1, 0.15) is 0 Å². The zero-order chi connectivity index (χ0) is 19.1. The van der Waals surface area contributed by atoms with Crippen LogP contribution in [0.1, 0.15) is 15.9 Å². The van der Waals surface area contributed by atoms with Gasteiger partial charge in [-0.3, -0.25) is 9.78 Å². The Labute approximate surface area is 171 Å². The first-order valence-electron chi connectivity index (χ1n) is 8.21. The van der Waals surface area contributed by atoms with Crippen LogP contribution < -0.4 is 16.0 Å². The van der Waals surface area contributed by atoms with E-state index < -0.39 is 0 Å². The molecule has 1 heterocycles. The Bertz CT molecular complexity index is 932. The fraction of sp³-hybridized carbons (Fsp3) is 0.0500. The number of hydrogen-bond acceptors (Lipinski definition) is 3. The molecule has 27 heavy (non-hydrogen) atoms. The summed E-state index contributed by atoms with van der Waals surface area (Å²) in [5.74, 6) is -0.140. The van der Waals surface area contributed by atoms with E-state index in [1.165, 1.54) is 0 Å². The van der Waals surface area contributed by atoms with Crippen LogP contribution in [-0.4, -0.2) is 16.0 Å². The number of halogens is 1. The van der Waals surface area contributed by atoms with Crippen molar-refractivity contribution in [1.82, 2.24) is 10.3 Å². The number of hydrogen-bond donors (Lipinski definition) is 3. The molecule has 0 unspecified atom stereocenters. The number of nitrogens with one attached hydrogen (secondary N) is 3. The van der Waals surface area contributed by atoms with E-state index in [1.807, 2.05) is 48.5 Å². The minimum absolute atomic E-state index is 0.140. The average Bonchev–Trinajstić information content (AvgIpc) is 2.69. The summed E-state index contributed by atoms with van der Waals surface area (Å²) in [7, 11) is 0. The summed E-state index contributed by atoms with van der Waals surface area (Å²) in [6.45, 7) is 0.437. The molecule has 0 aliphatic heterocycles. The van der Waals surface area contributed by atoms with Crippen LogP contribution in [0, 0.1) is 0 Å². The Kier molecular flexibility index (Phi) is 6.51. The van der Waals surface area contributed by atoms with Gasteiger partial charge >= 0.3 is 0 Å². The summed E-state index contributed by atoms with van der Waals surface area (Å²) in [6, 6.07) is 18.6. The topological polar surface area (TPSA) is 66.0 Å². The van der Waals surface area contributed by atoms with Crippen molar-refractivity contribution in [3.8, 4) is 0 Å². The first kappa shape index (κ1) is 19.0. The smallest absolute Gasteiger partial charge is 0.251 e. The number of pyridine rings is 1. The van der Waals surface area contributed by atoms with E-state index in [-0.39, 0.29) is 5.91 Å². The lowest BCUT2D eigenvalue weighted by Gasteiger charge is -2.12. The molecule has 0 fully saturated rings. The number of anilines is 2. The zero-order valence-corrected chi connectivity index (χ0v) is 16.7. The third-order valence-corrected chi connectivity index (χ3v) is 4.60. The van der Waals surface area contributed by atoms with Crippen molar-refractivity contribution in [3.63, 3.8) is 0 Å². The molecule has 0 aliphatic carbocycles. The van der Waals surface area contributed by atoms with Gasteiger partial charge in [-0.1, -0.05) is 18.2 Å². The van der Waals surface area contributed by atoms with Gasteiger partial charge in [-0.25, -0.2) is 0 Å². The van der Waals surface area contributed by atoms with Crippen molar-refractivity contribution in [2.24, 2.45) is 0 Å². The van der Waals surface area contributed by atoms with Crippen LogP contribution in [0.4, 0.5) is 11.4 Å². The first-order valence-corrected chi connectivity index (χ1v) is 9.41. The number of para-hydroxylation sites is 1. The zero-order valence-electron chi connectivity index (χ0n) is 14.3. The van der Waals surface area contributed by atoms with Gasteiger partial charge in [-0.15, -0.1) is 0 Å². The highest BCUT2D eigenvalue weighted by atomic mass is 79.9. The molecule has 3 N–H and O–H groups in total. The fourth-order valence-electron chi connectivity index (χ4n) is 2.34. The second-order valence-corrected chi connectivity index (χ2v) is 6.94. The molecule has 3 aromatic rings. The van der Waals surface area contributed by atoms with Gasteiger partial charge in [0.15, 0.2) is 5.11 Å². The van der Waals surface area contributed by atoms with Crippen molar-refractivity contribution in [2.75, 3.05) is 10.6 Å². The number of carbonyl (C=O) groups excluding carboxylic acids is 1. The first-order chi connectivity index (χ1) is 13.1. The minimum Gasteiger partial charge on any atom is -0.348 e. The molecule has 0 radical (unpaired) electrons. The highest BCUT2D eigenvalue weighted by Gasteiger charge is 2.06. The summed E-state index contributed by atoms with van der Waals surface area (Å²) in [5, 5.41) is 9.56. The lowest BCUT2D eigenvalue weighted by atomic mass is 10.2. The van der Waals surface area contributed by atoms with Gasteiger partial charge in [0.05, 0.1) is 5.69 Å². The summed E-state index contributed by atoms with van der Waals surface area (Å²) in [6.07, 6.45) is 3.43. The lowest BCUT2D eigenvalue weighted by Crippen LogP contribution is -2.23. The van der Waals surface area contributed by atoms with Crippen molar-refractivity contribution >= 4 is 50.5 Å². The van der Waals surface area contributed by atoms with Crippen molar-refractivity contribution in [3.05, 3.63) is 88.7 Å². The molecule has 5 nitrogen and oxygen atoms in total. The van der Waals surface area contributed by atoms with Crippen LogP contribution in [-0.2, 0) is 6.54 Å². The molecule has 2 aromatic carbocycles. The van der Waals surface area contributed by atoms with E-state index >= 15 is 0 Å². The van der Waals surface area contributed by atoms with E-state index in [0.717, 1.165) is 21.4 Å². The third-order valence-electron chi connectivity index (χ3n) is 3.70. The molecule has 1 amide bonds. The number of thiocarbonyl (C=S) groups is 1. The van der Waals surface area contributed by atoms with Gasteiger partial charge in [0.2, 0.25) is 0 Å². The van der Waals surface area contributed by atoms with Gasteiger partial charge < -0.3 is 16.0 Å². The van der Waals surface area contributed by atoms with Gasteiger partial charge in [0.25, 0.3) is 5.91 Å². The molecule has 0 spiro atoms. The van der Waals surface area contributed by atoms with E-state index in [0.29, 0.717) is 17.2 Å². The molecule has 0 bridgehead atoms. The second kappa shape index (κ2) is 9.25. The van der Waals surface area contributed by atoms with E-state index in [1.54, 1.807) is 24.5 Å². The normalized spacial score (nSPS) is 10.1. The van der Waals surface area contributed by atoms with E-state index in [2.05, 4.69) is 36.9 Å². The number of aromatic nitrogens is 1. The maximum absolute atomic E-state index is 12.2. The predicted molar refractivity (Wildman–Crippen MR) is 116 cm³/mol. The number of rotatable bonds is 5. The molecule has 3 rings (SSSR count). The Hall–Kier alpha value is -2.77. The highest BCUT2D eigenvalue weighted by molar-refractivity contribution is 9.10. The summed E-state index contributed by atoms with van der Waals surface area (Å²) < 4.78 is 0.926. The maximum Gasteiger partial charge on any atom is 0.251 e. The monoisotopic (exact) mass is 440 g/mol. The third kappa shape index (κ3) is 5.60. The number of carbonyl (C=O) groups is 1. The Morgan fingerprint density at radius 1 is 1.00 bits per heavy atom. The second-order valence-electron chi connectivity index (χ2n) is 5.68. The number of nitrogens with zero attached hydrogens (tertiary/aromatic N) is 1. The summed E-state index contributed by atoms with van der Waals surface area (Å²) >= 11 is 8.80. The van der Waals surface area contributed by atoms with Gasteiger partial charge in [-0.05, 0) is 76.2 Å². The van der Waals surface area contributed by atoms with E-state index in [4.69, 9.17) is 12.2 Å². The van der Waals surface area contributed by atoms with Crippen molar-refractivity contribution in [2.45, 2.75) is 6.54 Å². The molecule has 1 aromatic heterocycles. The molecule has 0 aliphatic rings. The SMILES string of the molecule is O=C(NCc1cccnc1)c1ccc(NC(=S)Nc2ccccc2Br)cc1. The quantitative estimate of drug-likeness (QED) is 0.506. The van der Waals surface area contributed by atoms with Crippen LogP contribution in [0.15, 0.2) is 77.5 Å². The molecular weight excluding hydrogens is 424 g/mol. The predicted octanol–water partition coefficient (Wildman–Crippen LogP) is 4.58. The molecule has 0 saturated heterocycles. The average molecular weight is 441 g/mol. The highest BCUT2D eigenvalue weighted by Crippen LogP contribution is 2.21. The summed E-state index contributed by atoms with van der Waals surface area (Å²) in [5.41, 5.74) is 3.20. The largest absolute Gasteiger partial charge is 0.348 e. The Morgan fingerprint density at radius 2 is 1.78 bits per heavy atom. The maximum atomic E-state index is 12.2. The molecule has 0 atom stereocenters. The fourth-order valence-corrected chi connectivity index (χ4v) is 2.95. The van der Waals surface area contributed by atoms with Crippen LogP contribution in [0.3, 0.4) is 0 Å². The van der Waals surface area contributed by atoms with E-state index in [9.17, 15) is 4.79 Å². The summed E-state index contributed by atoms with van der Waals surface area (Å²) in [4.78, 5) is 16.3. The number of amides is 1. The Morgan fingerprint density at radius 3 is 2.48 bits per heavy atom. The lowest BCUT2D eigenvalue weighted by molar-refractivity contribution is 0.0951. The van der Waals surface area contributed by atoms with Crippen LogP contribution in [0.2, 0.25) is 0 Å². The van der Waals surface area contributed by atoms with Crippen molar-refractivity contribution in [1.29, 1.82) is 0 Å². The Balaban J connectivity index is 1.54. The van der Waals surface area contributed by atoms with Gasteiger partial charge in [-0.2, -0.15) is 0 Å². The molecule has 7 heteroatoms. The van der Waals surface area contributed by atoms with Crippen LogP contribution in [0.25, 0.3) is 0 Å². The van der Waals surface area contributed by atoms with Crippen LogP contribution >= 0.6 is 28.1 Å². The van der Waals surface area contributed by atoms with Crippen molar-refractivity contribution < 1.29 is 4.79 Å². The molecule has 0 saturated carbocycles.